The zero-order valence-corrected chi connectivity index (χ0v) is 13.0. The lowest BCUT2D eigenvalue weighted by molar-refractivity contribution is -0.151. The molecule has 0 aliphatic rings. The molecular weight excluding hydrogens is 244 g/mol. The Bertz CT molecular complexity index is 310. The van der Waals surface area contributed by atoms with Crippen LogP contribution in [0.25, 0.3) is 0 Å². The molecule has 0 heterocycles. The Morgan fingerprint density at radius 1 is 1.32 bits per heavy atom. The summed E-state index contributed by atoms with van der Waals surface area (Å²) in [4.78, 5) is 25.3. The highest BCUT2D eigenvalue weighted by Gasteiger charge is 2.37. The molecule has 1 amide bonds. The Hall–Kier alpha value is -1.10. The second-order valence-corrected chi connectivity index (χ2v) is 6.17. The second kappa shape index (κ2) is 7.48. The fraction of sp³-hybridized carbons (Fsp3) is 0.857. The normalized spacial score (nSPS) is 15.1. The third-order valence-corrected chi connectivity index (χ3v) is 3.48. The molecule has 0 saturated carbocycles. The van der Waals surface area contributed by atoms with Crippen LogP contribution in [0.4, 0.5) is 0 Å². The van der Waals surface area contributed by atoms with Gasteiger partial charge in [0, 0.05) is 19.1 Å². The third-order valence-electron chi connectivity index (χ3n) is 3.48. The van der Waals surface area contributed by atoms with Crippen LogP contribution in [-0.2, 0) is 9.59 Å². The van der Waals surface area contributed by atoms with E-state index in [9.17, 15) is 9.59 Å². The van der Waals surface area contributed by atoms with Gasteiger partial charge in [0.25, 0.3) is 0 Å². The summed E-state index contributed by atoms with van der Waals surface area (Å²) < 4.78 is 0. The Morgan fingerprint density at radius 2 is 1.84 bits per heavy atom. The molecule has 2 atom stereocenters. The van der Waals surface area contributed by atoms with E-state index in [-0.39, 0.29) is 0 Å². The number of hydrogen-bond acceptors (Lipinski definition) is 3. The van der Waals surface area contributed by atoms with E-state index < -0.39 is 23.2 Å². The Balaban J connectivity index is 4.34. The van der Waals surface area contributed by atoms with Gasteiger partial charge in [-0.05, 0) is 25.8 Å². The molecule has 19 heavy (non-hydrogen) atoms. The highest BCUT2D eigenvalue weighted by Crippen LogP contribution is 2.26. The monoisotopic (exact) mass is 272 g/mol. The van der Waals surface area contributed by atoms with E-state index in [4.69, 9.17) is 5.11 Å². The lowest BCUT2D eigenvalue weighted by atomic mass is 9.80. The van der Waals surface area contributed by atoms with Crippen LogP contribution in [0.3, 0.4) is 0 Å². The average molecular weight is 272 g/mol. The summed E-state index contributed by atoms with van der Waals surface area (Å²) >= 11 is 0. The molecule has 0 aromatic carbocycles. The van der Waals surface area contributed by atoms with Crippen LogP contribution in [0.1, 0.15) is 41.0 Å². The van der Waals surface area contributed by atoms with Gasteiger partial charge in [-0.3, -0.25) is 9.59 Å². The fourth-order valence-electron chi connectivity index (χ4n) is 1.87. The van der Waals surface area contributed by atoms with E-state index >= 15 is 0 Å². The summed E-state index contributed by atoms with van der Waals surface area (Å²) in [5.74, 6) is -2.49. The minimum Gasteiger partial charge on any atom is -0.481 e. The van der Waals surface area contributed by atoms with Gasteiger partial charge in [-0.2, -0.15) is 0 Å². The van der Waals surface area contributed by atoms with Crippen LogP contribution in [0, 0.1) is 11.3 Å². The molecule has 112 valence electrons. The zero-order valence-electron chi connectivity index (χ0n) is 13.0. The van der Waals surface area contributed by atoms with Crippen molar-refractivity contribution >= 4 is 11.9 Å². The van der Waals surface area contributed by atoms with E-state index in [1.807, 2.05) is 7.05 Å². The van der Waals surface area contributed by atoms with Gasteiger partial charge < -0.3 is 15.3 Å². The van der Waals surface area contributed by atoms with Gasteiger partial charge in [0.05, 0.1) is 0 Å². The Kier molecular flexibility index (Phi) is 7.05. The largest absolute Gasteiger partial charge is 0.481 e. The lowest BCUT2D eigenvalue weighted by Gasteiger charge is -2.27. The van der Waals surface area contributed by atoms with Crippen molar-refractivity contribution in [1.29, 1.82) is 0 Å². The number of aliphatic carboxylic acids is 1. The highest BCUT2D eigenvalue weighted by molar-refractivity contribution is 5.97. The number of likely N-dealkylation sites (N-methyl/N-ethyl adjacent to an activating group) is 1. The average Bonchev–Trinajstić information content (AvgIpc) is 2.25. The lowest BCUT2D eigenvalue weighted by Crippen LogP contribution is -2.45. The summed E-state index contributed by atoms with van der Waals surface area (Å²) in [5, 5.41) is 11.9. The highest BCUT2D eigenvalue weighted by atomic mass is 16.4. The van der Waals surface area contributed by atoms with Crippen molar-refractivity contribution in [3.8, 4) is 0 Å². The first-order valence-electron chi connectivity index (χ1n) is 6.82. The number of carbonyl (C=O) groups excluding carboxylic acids is 1. The van der Waals surface area contributed by atoms with Crippen molar-refractivity contribution in [2.75, 3.05) is 20.1 Å². The van der Waals surface area contributed by atoms with Gasteiger partial charge >= 0.3 is 5.97 Å². The van der Waals surface area contributed by atoms with Crippen molar-refractivity contribution in [2.24, 2.45) is 11.3 Å². The van der Waals surface area contributed by atoms with Gasteiger partial charge in [-0.15, -0.1) is 0 Å². The fourth-order valence-corrected chi connectivity index (χ4v) is 1.87. The molecule has 0 aliphatic heterocycles. The molecule has 0 aliphatic carbocycles. The number of nitrogens with one attached hydrogen (secondary N) is 1. The molecule has 0 aromatic rings. The summed E-state index contributed by atoms with van der Waals surface area (Å²) in [6.45, 7) is 10.7. The van der Waals surface area contributed by atoms with Gasteiger partial charge in [-0.25, -0.2) is 0 Å². The minimum absolute atomic E-state index is 0.405. The first-order valence-corrected chi connectivity index (χ1v) is 6.82. The Labute approximate surface area is 116 Å². The molecule has 5 heteroatoms. The minimum atomic E-state index is -1.07. The first kappa shape index (κ1) is 17.9. The summed E-state index contributed by atoms with van der Waals surface area (Å²) in [5.41, 5.74) is -0.585. The molecule has 2 unspecified atom stereocenters. The second-order valence-electron chi connectivity index (χ2n) is 6.17. The van der Waals surface area contributed by atoms with Gasteiger partial charge in [-0.1, -0.05) is 27.7 Å². The first-order chi connectivity index (χ1) is 8.61. The maximum absolute atomic E-state index is 11.9. The van der Waals surface area contributed by atoms with Crippen molar-refractivity contribution in [3.63, 3.8) is 0 Å². The molecule has 0 aromatic heterocycles. The van der Waals surface area contributed by atoms with Crippen LogP contribution in [-0.4, -0.2) is 48.1 Å². The summed E-state index contributed by atoms with van der Waals surface area (Å²) in [7, 11) is 2.00. The molecule has 2 N–H and O–H groups in total. The number of rotatable bonds is 7. The van der Waals surface area contributed by atoms with Crippen molar-refractivity contribution in [3.05, 3.63) is 0 Å². The number of nitrogens with zero attached hydrogens (tertiary/aromatic N) is 1. The van der Waals surface area contributed by atoms with E-state index in [1.54, 1.807) is 20.8 Å². The maximum Gasteiger partial charge on any atom is 0.316 e. The van der Waals surface area contributed by atoms with Crippen LogP contribution in [0.2, 0.25) is 0 Å². The molecule has 0 fully saturated rings. The van der Waals surface area contributed by atoms with Crippen LogP contribution >= 0.6 is 0 Å². The topological polar surface area (TPSA) is 69.6 Å². The maximum atomic E-state index is 11.9. The van der Waals surface area contributed by atoms with Crippen LogP contribution < -0.4 is 5.32 Å². The number of amides is 1. The molecular formula is C14H28N2O3. The number of carboxylic acid groups (broad SMARTS) is 1. The molecule has 5 nitrogen and oxygen atoms in total. The number of carbonyl (C=O) groups is 2. The SMILES string of the molecule is CCC(C)N(C)CCNC(=O)C(C(=O)O)C(C)(C)C. The summed E-state index contributed by atoms with van der Waals surface area (Å²) in [6, 6.07) is 0.454. The van der Waals surface area contributed by atoms with E-state index in [2.05, 4.69) is 24.1 Å². The van der Waals surface area contributed by atoms with Crippen molar-refractivity contribution < 1.29 is 14.7 Å². The standard InChI is InChI=1S/C14H28N2O3/c1-7-10(2)16(6)9-8-15-12(17)11(13(18)19)14(3,4)5/h10-11H,7-9H2,1-6H3,(H,15,17)(H,18,19). The van der Waals surface area contributed by atoms with E-state index in [1.165, 1.54) is 0 Å². The Morgan fingerprint density at radius 3 is 2.21 bits per heavy atom. The quantitative estimate of drug-likeness (QED) is 0.690. The molecule has 0 spiro atoms. The third kappa shape index (κ3) is 6.05. The van der Waals surface area contributed by atoms with Gasteiger partial charge in [0.1, 0.15) is 5.92 Å². The number of hydrogen-bond donors (Lipinski definition) is 2. The van der Waals surface area contributed by atoms with E-state index in [0.29, 0.717) is 12.6 Å². The predicted octanol–water partition coefficient (Wildman–Crippen LogP) is 1.58. The van der Waals surface area contributed by atoms with Gasteiger partial charge in [0.15, 0.2) is 0 Å². The van der Waals surface area contributed by atoms with E-state index in [0.717, 1.165) is 13.0 Å². The van der Waals surface area contributed by atoms with Crippen molar-refractivity contribution in [2.45, 2.75) is 47.1 Å². The molecule has 0 saturated heterocycles. The van der Waals surface area contributed by atoms with Crippen LogP contribution in [0.5, 0.6) is 0 Å². The van der Waals surface area contributed by atoms with Crippen molar-refractivity contribution in [1.82, 2.24) is 10.2 Å². The predicted molar refractivity (Wildman–Crippen MR) is 76.0 cm³/mol. The number of carboxylic acids is 1. The van der Waals surface area contributed by atoms with Crippen LogP contribution in [0.15, 0.2) is 0 Å². The molecule has 0 radical (unpaired) electrons. The smallest absolute Gasteiger partial charge is 0.316 e. The zero-order chi connectivity index (χ0) is 15.2. The molecule has 0 bridgehead atoms. The summed E-state index contributed by atoms with van der Waals surface area (Å²) in [6.07, 6.45) is 1.05. The molecule has 0 rings (SSSR count). The van der Waals surface area contributed by atoms with Gasteiger partial charge in [0.2, 0.25) is 5.91 Å².